The molecule has 3 heterocycles. The Labute approximate surface area is 146 Å². The smallest absolute Gasteiger partial charge is 0.161 e. The Morgan fingerprint density at radius 2 is 1.92 bits per heavy atom. The van der Waals surface area contributed by atoms with Gasteiger partial charge in [0.2, 0.25) is 0 Å². The second-order valence-electron chi connectivity index (χ2n) is 6.16. The zero-order valence-corrected chi connectivity index (χ0v) is 14.3. The summed E-state index contributed by atoms with van der Waals surface area (Å²) in [4.78, 5) is 9.34. The number of ether oxygens (including phenoxy) is 2. The van der Waals surface area contributed by atoms with Gasteiger partial charge in [-0.05, 0) is 50.2 Å². The first-order chi connectivity index (χ1) is 12.4. The van der Waals surface area contributed by atoms with Crippen LogP contribution >= 0.6 is 0 Å². The number of para-hydroxylation sites is 2. The Kier molecular flexibility index (Phi) is 4.52. The van der Waals surface area contributed by atoms with Gasteiger partial charge in [0.15, 0.2) is 17.1 Å². The average Bonchev–Trinajstić information content (AvgIpc) is 3.05. The molecule has 0 aliphatic carbocycles. The number of rotatable bonds is 5. The van der Waals surface area contributed by atoms with Crippen molar-refractivity contribution in [2.45, 2.75) is 25.5 Å². The summed E-state index contributed by atoms with van der Waals surface area (Å²) in [5, 5.41) is 3.42. The van der Waals surface area contributed by atoms with Crippen LogP contribution in [0.1, 0.15) is 24.7 Å². The van der Waals surface area contributed by atoms with Crippen LogP contribution in [0.15, 0.2) is 42.6 Å². The average molecular weight is 338 g/mol. The highest BCUT2D eigenvalue weighted by molar-refractivity contribution is 5.71. The number of hydrogen-bond donors (Lipinski definition) is 1. The van der Waals surface area contributed by atoms with Crippen LogP contribution in [0.2, 0.25) is 0 Å². The minimum absolute atomic E-state index is 0.390. The molecule has 0 unspecified atom stereocenters. The van der Waals surface area contributed by atoms with Gasteiger partial charge in [0.25, 0.3) is 0 Å². The van der Waals surface area contributed by atoms with Crippen molar-refractivity contribution in [1.82, 2.24) is 19.9 Å². The van der Waals surface area contributed by atoms with Crippen molar-refractivity contribution in [3.8, 4) is 11.5 Å². The second-order valence-corrected chi connectivity index (χ2v) is 6.16. The summed E-state index contributed by atoms with van der Waals surface area (Å²) >= 11 is 0. The quantitative estimate of drug-likeness (QED) is 0.775. The Balaban J connectivity index is 1.66. The van der Waals surface area contributed by atoms with Gasteiger partial charge < -0.3 is 19.4 Å². The third-order valence-electron chi connectivity index (χ3n) is 4.62. The van der Waals surface area contributed by atoms with Gasteiger partial charge in [-0.15, -0.1) is 0 Å². The molecule has 6 heteroatoms. The topological polar surface area (TPSA) is 61.2 Å². The maximum atomic E-state index is 6.02. The van der Waals surface area contributed by atoms with Crippen LogP contribution in [0.5, 0.6) is 11.5 Å². The van der Waals surface area contributed by atoms with Crippen LogP contribution in [0.3, 0.4) is 0 Å². The number of imidazole rings is 1. The zero-order valence-electron chi connectivity index (χ0n) is 14.3. The zero-order chi connectivity index (χ0) is 17.1. The highest BCUT2D eigenvalue weighted by Crippen LogP contribution is 2.29. The van der Waals surface area contributed by atoms with Gasteiger partial charge in [0, 0.05) is 12.2 Å². The van der Waals surface area contributed by atoms with E-state index in [1.807, 2.05) is 42.6 Å². The molecule has 1 aliphatic rings. The summed E-state index contributed by atoms with van der Waals surface area (Å²) in [5.41, 5.74) is 1.85. The van der Waals surface area contributed by atoms with Crippen molar-refractivity contribution in [3.05, 3.63) is 48.4 Å². The van der Waals surface area contributed by atoms with E-state index in [1.54, 1.807) is 7.11 Å². The Morgan fingerprint density at radius 3 is 2.72 bits per heavy atom. The van der Waals surface area contributed by atoms with Gasteiger partial charge in [-0.3, -0.25) is 0 Å². The Morgan fingerprint density at radius 1 is 1.12 bits per heavy atom. The molecular weight excluding hydrogens is 316 g/mol. The Bertz CT molecular complexity index is 856. The molecule has 0 atom stereocenters. The van der Waals surface area contributed by atoms with Crippen LogP contribution in [0.25, 0.3) is 11.2 Å². The van der Waals surface area contributed by atoms with Crippen molar-refractivity contribution in [1.29, 1.82) is 0 Å². The molecule has 25 heavy (non-hydrogen) atoms. The fourth-order valence-corrected chi connectivity index (χ4v) is 3.41. The van der Waals surface area contributed by atoms with Gasteiger partial charge in [0.1, 0.15) is 17.9 Å². The number of fused-ring (bicyclic) bond motifs is 1. The van der Waals surface area contributed by atoms with Crippen molar-refractivity contribution in [2.75, 3.05) is 20.2 Å². The molecule has 1 aliphatic heterocycles. The predicted molar refractivity (Wildman–Crippen MR) is 96.0 cm³/mol. The number of piperidine rings is 1. The molecule has 0 bridgehead atoms. The number of methoxy groups -OCH3 is 1. The summed E-state index contributed by atoms with van der Waals surface area (Å²) in [6.07, 6.45) is 3.97. The van der Waals surface area contributed by atoms with E-state index in [0.717, 1.165) is 54.4 Å². The molecule has 0 amide bonds. The van der Waals surface area contributed by atoms with E-state index in [-0.39, 0.29) is 0 Å². The lowest BCUT2D eigenvalue weighted by Crippen LogP contribution is -2.30. The number of aromatic nitrogens is 3. The van der Waals surface area contributed by atoms with E-state index in [1.165, 1.54) is 0 Å². The molecule has 6 nitrogen and oxygen atoms in total. The van der Waals surface area contributed by atoms with E-state index < -0.39 is 0 Å². The summed E-state index contributed by atoms with van der Waals surface area (Å²) in [5.74, 6) is 2.36. The third-order valence-corrected chi connectivity index (χ3v) is 4.62. The van der Waals surface area contributed by atoms with Gasteiger partial charge in [-0.2, -0.15) is 0 Å². The molecule has 2 aromatic heterocycles. The van der Waals surface area contributed by atoms with Crippen LogP contribution in [0, 0.1) is 0 Å². The number of hydrogen-bond acceptors (Lipinski definition) is 5. The molecule has 3 aromatic rings. The minimum atomic E-state index is 0.390. The highest BCUT2D eigenvalue weighted by Gasteiger charge is 2.22. The first kappa shape index (κ1) is 15.9. The predicted octanol–water partition coefficient (Wildman–Crippen LogP) is 2.94. The van der Waals surface area contributed by atoms with Crippen LogP contribution in [0.4, 0.5) is 0 Å². The SMILES string of the molecule is COc1ccccc1OCc1nc2cccnc2n1C1CCNCC1. The largest absolute Gasteiger partial charge is 0.493 e. The molecule has 0 radical (unpaired) electrons. The van der Waals surface area contributed by atoms with E-state index in [9.17, 15) is 0 Å². The van der Waals surface area contributed by atoms with Crippen LogP contribution in [-0.2, 0) is 6.61 Å². The summed E-state index contributed by atoms with van der Waals surface area (Å²) in [6.45, 7) is 2.43. The van der Waals surface area contributed by atoms with Gasteiger partial charge >= 0.3 is 0 Å². The lowest BCUT2D eigenvalue weighted by molar-refractivity contribution is 0.262. The molecular formula is C19H22N4O2. The minimum Gasteiger partial charge on any atom is -0.493 e. The molecule has 0 saturated carbocycles. The maximum Gasteiger partial charge on any atom is 0.161 e. The van der Waals surface area contributed by atoms with E-state index >= 15 is 0 Å². The lowest BCUT2D eigenvalue weighted by atomic mass is 10.1. The molecule has 0 spiro atoms. The van der Waals surface area contributed by atoms with Crippen LogP contribution in [-0.4, -0.2) is 34.7 Å². The number of nitrogens with one attached hydrogen (secondary N) is 1. The summed E-state index contributed by atoms with van der Waals surface area (Å²) < 4.78 is 13.6. The second kappa shape index (κ2) is 7.11. The van der Waals surface area contributed by atoms with E-state index in [4.69, 9.17) is 14.5 Å². The Hall–Kier alpha value is -2.60. The van der Waals surface area contributed by atoms with Gasteiger partial charge in [-0.1, -0.05) is 12.1 Å². The first-order valence-electron chi connectivity index (χ1n) is 8.65. The standard InChI is InChI=1S/C19H22N4O2/c1-24-16-6-2-3-7-17(16)25-13-18-22-15-5-4-10-21-19(15)23(18)14-8-11-20-12-9-14/h2-7,10,14,20H,8-9,11-13H2,1H3. The normalized spacial score (nSPS) is 15.4. The molecule has 1 aromatic carbocycles. The van der Waals surface area contributed by atoms with E-state index in [2.05, 4.69) is 14.9 Å². The maximum absolute atomic E-state index is 6.02. The highest BCUT2D eigenvalue weighted by atomic mass is 16.5. The number of pyridine rings is 1. The van der Waals surface area contributed by atoms with Crippen molar-refractivity contribution in [3.63, 3.8) is 0 Å². The van der Waals surface area contributed by atoms with Crippen molar-refractivity contribution < 1.29 is 9.47 Å². The van der Waals surface area contributed by atoms with Crippen molar-refractivity contribution in [2.24, 2.45) is 0 Å². The monoisotopic (exact) mass is 338 g/mol. The molecule has 1 fully saturated rings. The third kappa shape index (κ3) is 3.17. The van der Waals surface area contributed by atoms with Gasteiger partial charge in [-0.25, -0.2) is 9.97 Å². The lowest BCUT2D eigenvalue weighted by Gasteiger charge is -2.25. The molecule has 1 N–H and O–H groups in total. The van der Waals surface area contributed by atoms with Crippen LogP contribution < -0.4 is 14.8 Å². The van der Waals surface area contributed by atoms with Gasteiger partial charge in [0.05, 0.1) is 7.11 Å². The summed E-state index contributed by atoms with van der Waals surface area (Å²) in [6, 6.07) is 12.0. The molecule has 4 rings (SSSR count). The molecule has 1 saturated heterocycles. The first-order valence-corrected chi connectivity index (χ1v) is 8.65. The fourth-order valence-electron chi connectivity index (χ4n) is 3.41. The summed E-state index contributed by atoms with van der Waals surface area (Å²) in [7, 11) is 1.65. The van der Waals surface area contributed by atoms with E-state index in [0.29, 0.717) is 12.6 Å². The van der Waals surface area contributed by atoms with Crippen molar-refractivity contribution >= 4 is 11.2 Å². The fraction of sp³-hybridized carbons (Fsp3) is 0.368. The number of nitrogens with zero attached hydrogens (tertiary/aromatic N) is 3. The molecule has 130 valence electrons. The number of benzene rings is 1.